The van der Waals surface area contributed by atoms with Crippen LogP contribution < -0.4 is 15.0 Å². The van der Waals surface area contributed by atoms with Crippen molar-refractivity contribution in [3.8, 4) is 5.75 Å². The molecule has 1 atom stereocenters. The van der Waals surface area contributed by atoms with Crippen LogP contribution >= 0.6 is 11.5 Å². The third-order valence-corrected chi connectivity index (χ3v) is 6.33. The first-order valence-corrected chi connectivity index (χ1v) is 11.7. The SMILES string of the molecule is CCOc1ccc(NC(=O)N2CCN(c3nc(Cc4ccc(C)cc4)ns3)CC2C)cc1. The Kier molecular flexibility index (Phi) is 6.90. The average Bonchev–Trinajstić information content (AvgIpc) is 3.25. The summed E-state index contributed by atoms with van der Waals surface area (Å²) in [5, 5.41) is 3.91. The van der Waals surface area contributed by atoms with E-state index in [1.165, 1.54) is 22.7 Å². The van der Waals surface area contributed by atoms with Gasteiger partial charge in [-0.3, -0.25) is 0 Å². The molecule has 2 amide bonds. The smallest absolute Gasteiger partial charge is 0.322 e. The van der Waals surface area contributed by atoms with Gasteiger partial charge in [0.1, 0.15) is 11.6 Å². The molecule has 1 fully saturated rings. The van der Waals surface area contributed by atoms with E-state index in [0.717, 1.165) is 41.9 Å². The van der Waals surface area contributed by atoms with Crippen LogP contribution in [-0.2, 0) is 6.42 Å². The zero-order valence-corrected chi connectivity index (χ0v) is 19.6. The quantitative estimate of drug-likeness (QED) is 0.594. The molecule has 0 spiro atoms. The Bertz CT molecular complexity index is 1040. The topological polar surface area (TPSA) is 70.6 Å². The van der Waals surface area contributed by atoms with Gasteiger partial charge in [-0.05, 0) is 50.6 Å². The second-order valence-corrected chi connectivity index (χ2v) is 8.76. The van der Waals surface area contributed by atoms with Crippen LogP contribution in [0.4, 0.5) is 15.6 Å². The summed E-state index contributed by atoms with van der Waals surface area (Å²) < 4.78 is 10.0. The number of benzene rings is 2. The number of amides is 2. The second kappa shape index (κ2) is 9.99. The molecule has 0 radical (unpaired) electrons. The van der Waals surface area contributed by atoms with Crippen LogP contribution in [0.2, 0.25) is 0 Å². The molecule has 32 heavy (non-hydrogen) atoms. The zero-order valence-electron chi connectivity index (χ0n) is 18.7. The number of hydrogen-bond donors (Lipinski definition) is 1. The first kappa shape index (κ1) is 22.1. The summed E-state index contributed by atoms with van der Waals surface area (Å²) in [4.78, 5) is 21.7. The number of ether oxygens (including phenoxy) is 1. The fourth-order valence-corrected chi connectivity index (χ4v) is 4.48. The predicted molar refractivity (Wildman–Crippen MR) is 129 cm³/mol. The standard InChI is InChI=1S/C24H29N5O2S/c1-4-31-21-11-9-20(10-12-21)25-23(30)29-14-13-28(16-18(29)3)24-26-22(27-32-24)15-19-7-5-17(2)6-8-19/h5-12,18H,4,13-16H2,1-3H3,(H,25,30). The largest absolute Gasteiger partial charge is 0.494 e. The molecule has 0 saturated carbocycles. The van der Waals surface area contributed by atoms with Gasteiger partial charge < -0.3 is 19.9 Å². The van der Waals surface area contributed by atoms with Gasteiger partial charge in [0.05, 0.1) is 6.61 Å². The van der Waals surface area contributed by atoms with Crippen molar-refractivity contribution < 1.29 is 9.53 Å². The van der Waals surface area contributed by atoms with Crippen LogP contribution in [0.15, 0.2) is 48.5 Å². The van der Waals surface area contributed by atoms with E-state index in [1.807, 2.05) is 36.1 Å². The van der Waals surface area contributed by atoms with Crippen molar-refractivity contribution in [3.63, 3.8) is 0 Å². The summed E-state index contributed by atoms with van der Waals surface area (Å²) in [6, 6.07) is 15.9. The molecule has 1 aliphatic rings. The van der Waals surface area contributed by atoms with E-state index in [9.17, 15) is 4.79 Å². The predicted octanol–water partition coefficient (Wildman–Crippen LogP) is 4.58. The maximum absolute atomic E-state index is 12.8. The summed E-state index contributed by atoms with van der Waals surface area (Å²) in [5.41, 5.74) is 3.22. The maximum atomic E-state index is 12.8. The lowest BCUT2D eigenvalue weighted by atomic mass is 10.1. The van der Waals surface area contributed by atoms with Crippen molar-refractivity contribution in [3.05, 3.63) is 65.5 Å². The number of urea groups is 1. The lowest BCUT2D eigenvalue weighted by Gasteiger charge is -2.39. The number of nitrogens with zero attached hydrogens (tertiary/aromatic N) is 4. The van der Waals surface area contributed by atoms with Gasteiger partial charge in [0, 0.05) is 49.3 Å². The molecule has 168 valence electrons. The Morgan fingerprint density at radius 3 is 2.59 bits per heavy atom. The molecular formula is C24H29N5O2S. The Morgan fingerprint density at radius 1 is 1.16 bits per heavy atom. The summed E-state index contributed by atoms with van der Waals surface area (Å²) in [5.74, 6) is 1.64. The van der Waals surface area contributed by atoms with Gasteiger partial charge in [-0.15, -0.1) is 0 Å². The number of carbonyl (C=O) groups is 1. The number of aryl methyl sites for hydroxylation is 1. The molecule has 8 heteroatoms. The number of piperazine rings is 1. The third-order valence-electron chi connectivity index (χ3n) is 5.52. The first-order valence-electron chi connectivity index (χ1n) is 11.0. The molecule has 2 aromatic carbocycles. The summed E-state index contributed by atoms with van der Waals surface area (Å²) in [6.45, 7) is 8.83. The van der Waals surface area contributed by atoms with Crippen molar-refractivity contribution in [2.24, 2.45) is 0 Å². The molecule has 0 aliphatic carbocycles. The number of carbonyl (C=O) groups excluding carboxylic acids is 1. The molecule has 0 bridgehead atoms. The van der Waals surface area contributed by atoms with Crippen molar-refractivity contribution in [2.75, 3.05) is 36.5 Å². The summed E-state index contributed by atoms with van der Waals surface area (Å²) >= 11 is 1.43. The summed E-state index contributed by atoms with van der Waals surface area (Å²) in [6.07, 6.45) is 0.733. The number of aromatic nitrogens is 2. The summed E-state index contributed by atoms with van der Waals surface area (Å²) in [7, 11) is 0. The molecule has 4 rings (SSSR count). The molecule has 2 heterocycles. The van der Waals surface area contributed by atoms with E-state index in [1.54, 1.807) is 0 Å². The van der Waals surface area contributed by atoms with E-state index in [4.69, 9.17) is 9.72 Å². The minimum atomic E-state index is -0.0846. The van der Waals surface area contributed by atoms with Gasteiger partial charge in [-0.1, -0.05) is 29.8 Å². The van der Waals surface area contributed by atoms with Gasteiger partial charge in [0.25, 0.3) is 0 Å². The number of rotatable bonds is 6. The minimum Gasteiger partial charge on any atom is -0.494 e. The third kappa shape index (κ3) is 5.37. The zero-order chi connectivity index (χ0) is 22.5. The highest BCUT2D eigenvalue weighted by Crippen LogP contribution is 2.23. The molecule has 3 aromatic rings. The lowest BCUT2D eigenvalue weighted by Crippen LogP contribution is -2.55. The first-order chi connectivity index (χ1) is 15.5. The molecule has 1 aromatic heterocycles. The molecule has 1 unspecified atom stereocenters. The Balaban J connectivity index is 1.32. The number of hydrogen-bond acceptors (Lipinski definition) is 6. The van der Waals surface area contributed by atoms with E-state index >= 15 is 0 Å². The van der Waals surface area contributed by atoms with Gasteiger partial charge in [0.2, 0.25) is 5.13 Å². The molecule has 1 saturated heterocycles. The Hall–Kier alpha value is -3.13. The lowest BCUT2D eigenvalue weighted by molar-refractivity contribution is 0.185. The highest BCUT2D eigenvalue weighted by atomic mass is 32.1. The van der Waals surface area contributed by atoms with Gasteiger partial charge in [-0.2, -0.15) is 4.37 Å². The second-order valence-electron chi connectivity index (χ2n) is 8.03. The molecule has 1 aliphatic heterocycles. The van der Waals surface area contributed by atoms with E-state index in [2.05, 4.69) is 52.7 Å². The fraction of sp³-hybridized carbons (Fsp3) is 0.375. The van der Waals surface area contributed by atoms with Gasteiger partial charge in [0.15, 0.2) is 0 Å². The average molecular weight is 452 g/mol. The molecular weight excluding hydrogens is 422 g/mol. The van der Waals surface area contributed by atoms with Crippen LogP contribution in [0.5, 0.6) is 5.75 Å². The minimum absolute atomic E-state index is 0.0656. The van der Waals surface area contributed by atoms with Crippen LogP contribution in [0.25, 0.3) is 0 Å². The van der Waals surface area contributed by atoms with Gasteiger partial charge >= 0.3 is 6.03 Å². The van der Waals surface area contributed by atoms with Crippen molar-refractivity contribution >= 4 is 28.4 Å². The Labute approximate surface area is 193 Å². The van der Waals surface area contributed by atoms with Crippen LogP contribution in [-0.4, -0.2) is 52.6 Å². The fourth-order valence-electron chi connectivity index (χ4n) is 3.76. The van der Waals surface area contributed by atoms with Crippen LogP contribution in [0, 0.1) is 6.92 Å². The van der Waals surface area contributed by atoms with Crippen molar-refractivity contribution in [1.29, 1.82) is 0 Å². The highest BCUT2D eigenvalue weighted by molar-refractivity contribution is 7.09. The van der Waals surface area contributed by atoms with Crippen molar-refractivity contribution in [1.82, 2.24) is 14.3 Å². The van der Waals surface area contributed by atoms with E-state index in [-0.39, 0.29) is 12.1 Å². The van der Waals surface area contributed by atoms with Crippen LogP contribution in [0.1, 0.15) is 30.8 Å². The maximum Gasteiger partial charge on any atom is 0.322 e. The van der Waals surface area contributed by atoms with Crippen molar-refractivity contribution in [2.45, 2.75) is 33.2 Å². The normalized spacial score (nSPS) is 16.2. The van der Waals surface area contributed by atoms with E-state index in [0.29, 0.717) is 13.2 Å². The monoisotopic (exact) mass is 451 g/mol. The van der Waals surface area contributed by atoms with Crippen LogP contribution in [0.3, 0.4) is 0 Å². The highest BCUT2D eigenvalue weighted by Gasteiger charge is 2.29. The molecule has 7 nitrogen and oxygen atoms in total. The molecule has 1 N–H and O–H groups in total. The van der Waals surface area contributed by atoms with E-state index < -0.39 is 0 Å². The number of nitrogens with one attached hydrogen (secondary N) is 1. The number of anilines is 2. The Morgan fingerprint density at radius 2 is 1.91 bits per heavy atom. The van der Waals surface area contributed by atoms with Gasteiger partial charge in [-0.25, -0.2) is 9.78 Å².